The lowest BCUT2D eigenvalue weighted by molar-refractivity contribution is 0.0903. The molecule has 9 nitrogen and oxygen atoms in total. The Labute approximate surface area is 222 Å². The number of aliphatic hydroxyl groups is 1. The Hall–Kier alpha value is -2.05. The summed E-state index contributed by atoms with van der Waals surface area (Å²) < 4.78 is 26.5. The number of nitrogens with zero attached hydrogens (tertiary/aromatic N) is 4. The summed E-state index contributed by atoms with van der Waals surface area (Å²) in [5, 5.41) is 13.9. The van der Waals surface area contributed by atoms with Gasteiger partial charge in [-0.25, -0.2) is 19.3 Å². The second kappa shape index (κ2) is 11.8. The van der Waals surface area contributed by atoms with Crippen LogP contribution in [0.3, 0.4) is 0 Å². The number of halogens is 1. The number of nitrogens with one attached hydrogen (secondary N) is 1. The minimum absolute atomic E-state index is 0. The number of hydrogen-bond acceptors (Lipinski definition) is 10. The van der Waals surface area contributed by atoms with Crippen LogP contribution in [0.4, 0.5) is 16.0 Å². The van der Waals surface area contributed by atoms with Crippen molar-refractivity contribution in [3.8, 4) is 0 Å². The molecular weight excluding hydrogens is 495 g/mol. The molecule has 0 radical (unpaired) electrons. The van der Waals surface area contributed by atoms with Gasteiger partial charge in [0, 0.05) is 50.0 Å². The zero-order valence-electron chi connectivity index (χ0n) is 20.9. The Bertz CT molecular complexity index is 1080. The van der Waals surface area contributed by atoms with E-state index in [-0.39, 0.29) is 43.5 Å². The topological polar surface area (TPSA) is 119 Å². The summed E-state index contributed by atoms with van der Waals surface area (Å²) in [6.07, 6.45) is 5.13. The van der Waals surface area contributed by atoms with Crippen molar-refractivity contribution in [2.24, 2.45) is 11.1 Å². The molecule has 2 atom stereocenters. The van der Waals surface area contributed by atoms with Gasteiger partial charge < -0.3 is 30.5 Å². The van der Waals surface area contributed by atoms with E-state index in [0.29, 0.717) is 46.9 Å². The van der Waals surface area contributed by atoms with Crippen molar-refractivity contribution in [1.82, 2.24) is 15.0 Å². The predicted molar refractivity (Wildman–Crippen MR) is 142 cm³/mol. The number of anilines is 2. The van der Waals surface area contributed by atoms with E-state index in [1.165, 1.54) is 11.8 Å². The molecule has 5 heterocycles. The maximum Gasteiger partial charge on any atom is 0.179 e. The molecule has 0 bridgehead atoms. The van der Waals surface area contributed by atoms with Crippen molar-refractivity contribution in [1.29, 1.82) is 0 Å². The van der Waals surface area contributed by atoms with Crippen LogP contribution in [0.2, 0.25) is 0 Å². The summed E-state index contributed by atoms with van der Waals surface area (Å²) in [4.78, 5) is 16.3. The normalized spacial score (nSPS) is 23.8. The fraction of sp³-hybridized carbons (Fsp3) is 0.654. The summed E-state index contributed by atoms with van der Waals surface area (Å²) in [6, 6.07) is 1.81. The zero-order chi connectivity index (χ0) is 25.3. The fourth-order valence-corrected chi connectivity index (χ4v) is 6.23. The Kier molecular flexibility index (Phi) is 8.90. The Morgan fingerprint density at radius 3 is 2.65 bits per heavy atom. The van der Waals surface area contributed by atoms with E-state index in [1.54, 1.807) is 12.3 Å². The average molecular weight is 535 g/mol. The summed E-state index contributed by atoms with van der Waals surface area (Å²) in [6.45, 7) is 7.23. The van der Waals surface area contributed by atoms with Gasteiger partial charge in [-0.3, -0.25) is 0 Å². The third-order valence-electron chi connectivity index (χ3n) is 7.76. The van der Waals surface area contributed by atoms with Gasteiger partial charge in [0.25, 0.3) is 0 Å². The molecule has 0 aliphatic carbocycles. The van der Waals surface area contributed by atoms with Gasteiger partial charge in [-0.15, -0.1) is 0 Å². The van der Waals surface area contributed by atoms with Gasteiger partial charge >= 0.3 is 0 Å². The molecule has 0 amide bonds. The Balaban J connectivity index is 0.00000320. The number of nitrogens with two attached hydrogens (primary N) is 1. The van der Waals surface area contributed by atoms with E-state index in [0.717, 1.165) is 38.8 Å². The molecule has 0 aromatic carbocycles. The fourth-order valence-electron chi connectivity index (χ4n) is 5.36. The number of rotatable bonds is 6. The number of piperidine rings is 1. The summed E-state index contributed by atoms with van der Waals surface area (Å²) in [5.41, 5.74) is 7.65. The van der Waals surface area contributed by atoms with Gasteiger partial charge in [-0.2, -0.15) is 0 Å². The van der Waals surface area contributed by atoms with E-state index < -0.39 is 5.82 Å². The molecule has 3 fully saturated rings. The lowest BCUT2D eigenvalue weighted by Gasteiger charge is -2.42. The number of aryl methyl sites for hydroxylation is 1. The van der Waals surface area contributed by atoms with Crippen LogP contribution in [0.25, 0.3) is 0 Å². The van der Waals surface area contributed by atoms with Crippen LogP contribution >= 0.6 is 11.8 Å². The molecule has 0 unspecified atom stereocenters. The first-order valence-electron chi connectivity index (χ1n) is 12.7. The maximum atomic E-state index is 15.3. The van der Waals surface area contributed by atoms with Crippen LogP contribution in [0.15, 0.2) is 22.2 Å². The molecule has 0 saturated carbocycles. The molecule has 4 N–H and O–H groups in total. The highest BCUT2D eigenvalue weighted by Gasteiger charge is 2.47. The van der Waals surface area contributed by atoms with Crippen LogP contribution in [0.5, 0.6) is 0 Å². The molecule has 2 aromatic rings. The molecule has 3 saturated heterocycles. The van der Waals surface area contributed by atoms with Gasteiger partial charge in [-0.1, -0.05) is 19.2 Å². The Morgan fingerprint density at radius 2 is 2.00 bits per heavy atom. The third kappa shape index (κ3) is 5.70. The van der Waals surface area contributed by atoms with E-state index in [1.807, 2.05) is 13.8 Å². The molecule has 2 aromatic heterocycles. The van der Waals surface area contributed by atoms with Gasteiger partial charge in [0.15, 0.2) is 17.5 Å². The monoisotopic (exact) mass is 534 g/mol. The standard InChI is InChI=1S/C25H35FN6O3S.CH4/c1-15-24(36-19-3-8-28-22(20(19)26)30-17-4-11-34-12-5-17)31-18(13-33)23(29-15)32-9-6-25(7-10-32)14-35-16(2)21(25)27;/h3,8,16-17,21,33H,4-7,9-14,27H2,1-2H3,(H,28,30);1H4/t16-,21+;/m0./s1. The quantitative estimate of drug-likeness (QED) is 0.508. The average Bonchev–Trinajstić information content (AvgIpc) is 3.17. The molecule has 3 aliphatic heterocycles. The number of hydrogen-bond donors (Lipinski definition) is 3. The summed E-state index contributed by atoms with van der Waals surface area (Å²) in [5.74, 6) is 0.518. The lowest BCUT2D eigenvalue weighted by atomic mass is 9.73. The SMILES string of the molecule is C.Cc1nc(N2CCC3(CC2)CO[C@@H](C)[C@H]3N)c(CO)nc1Sc1ccnc(NC2CCOCC2)c1F. The van der Waals surface area contributed by atoms with E-state index in [4.69, 9.17) is 25.2 Å². The van der Waals surface area contributed by atoms with Crippen molar-refractivity contribution >= 4 is 23.4 Å². The van der Waals surface area contributed by atoms with Gasteiger partial charge in [0.2, 0.25) is 0 Å². The number of aliphatic hydroxyl groups excluding tert-OH is 1. The van der Waals surface area contributed by atoms with E-state index in [9.17, 15) is 5.11 Å². The molecule has 5 rings (SSSR count). The molecule has 204 valence electrons. The lowest BCUT2D eigenvalue weighted by Crippen LogP contribution is -2.51. The van der Waals surface area contributed by atoms with Crippen LogP contribution in [-0.2, 0) is 16.1 Å². The first kappa shape index (κ1) is 28.0. The smallest absolute Gasteiger partial charge is 0.179 e. The van der Waals surface area contributed by atoms with Crippen molar-refractivity contribution in [3.05, 3.63) is 29.5 Å². The molecule has 11 heteroatoms. The summed E-state index contributed by atoms with van der Waals surface area (Å²) >= 11 is 1.20. The van der Waals surface area contributed by atoms with Crippen LogP contribution < -0.4 is 16.0 Å². The van der Waals surface area contributed by atoms with Crippen molar-refractivity contribution < 1.29 is 19.0 Å². The number of ether oxygens (including phenoxy) is 2. The minimum Gasteiger partial charge on any atom is -0.390 e. The third-order valence-corrected chi connectivity index (χ3v) is 8.87. The van der Waals surface area contributed by atoms with Gasteiger partial charge in [-0.05, 0) is 45.6 Å². The highest BCUT2D eigenvalue weighted by atomic mass is 32.2. The number of aromatic nitrogens is 3. The highest BCUT2D eigenvalue weighted by molar-refractivity contribution is 7.99. The maximum absolute atomic E-state index is 15.3. The summed E-state index contributed by atoms with van der Waals surface area (Å²) in [7, 11) is 0. The van der Waals surface area contributed by atoms with E-state index >= 15 is 4.39 Å². The Morgan fingerprint density at radius 1 is 1.27 bits per heavy atom. The van der Waals surface area contributed by atoms with Crippen LogP contribution in [0.1, 0.15) is 51.4 Å². The van der Waals surface area contributed by atoms with Crippen LogP contribution in [-0.4, -0.2) is 71.2 Å². The second-order valence-corrected chi connectivity index (χ2v) is 11.1. The number of pyridine rings is 1. The van der Waals surface area contributed by atoms with Gasteiger partial charge in [0.1, 0.15) is 10.7 Å². The molecule has 37 heavy (non-hydrogen) atoms. The minimum atomic E-state index is -0.407. The van der Waals surface area contributed by atoms with E-state index in [2.05, 4.69) is 15.2 Å². The first-order chi connectivity index (χ1) is 17.4. The van der Waals surface area contributed by atoms with Crippen LogP contribution in [0, 0.1) is 18.2 Å². The molecular formula is C26H39FN6O3S. The highest BCUT2D eigenvalue weighted by Crippen LogP contribution is 2.42. The molecule has 1 spiro atoms. The zero-order valence-corrected chi connectivity index (χ0v) is 21.7. The predicted octanol–water partition coefficient (Wildman–Crippen LogP) is 3.52. The first-order valence-corrected chi connectivity index (χ1v) is 13.5. The van der Waals surface area contributed by atoms with Crippen molar-refractivity contribution in [3.63, 3.8) is 0 Å². The second-order valence-electron chi connectivity index (χ2n) is 10.0. The van der Waals surface area contributed by atoms with Crippen molar-refractivity contribution in [2.45, 2.75) is 81.7 Å². The van der Waals surface area contributed by atoms with Gasteiger partial charge in [0.05, 0.1) is 29.9 Å². The molecule has 3 aliphatic rings. The van der Waals surface area contributed by atoms with Crippen molar-refractivity contribution in [2.75, 3.05) is 43.1 Å². The largest absolute Gasteiger partial charge is 0.390 e.